The Kier molecular flexibility index (Phi) is 4.16. The van der Waals surface area contributed by atoms with Crippen molar-refractivity contribution < 1.29 is 13.9 Å². The van der Waals surface area contributed by atoms with Crippen molar-refractivity contribution in [3.8, 4) is 0 Å². The standard InChI is InChI=1S/C12H10BrFN2O2S/c1-6-3-8(14)7(13)4-9(6)16-12-15-5-10(19-12)11(17)18-2/h3-5H,1-2H3,(H,15,16). The van der Waals surface area contributed by atoms with Crippen LogP contribution in [0, 0.1) is 12.7 Å². The smallest absolute Gasteiger partial charge is 0.349 e. The third kappa shape index (κ3) is 3.10. The number of esters is 1. The lowest BCUT2D eigenvalue weighted by molar-refractivity contribution is 0.0606. The highest BCUT2D eigenvalue weighted by Crippen LogP contribution is 2.29. The topological polar surface area (TPSA) is 51.2 Å². The summed E-state index contributed by atoms with van der Waals surface area (Å²) in [5.74, 6) is -0.750. The molecule has 0 aliphatic heterocycles. The molecule has 0 aliphatic rings. The van der Waals surface area contributed by atoms with Gasteiger partial charge >= 0.3 is 5.97 Å². The van der Waals surface area contributed by atoms with Gasteiger partial charge in [-0.05, 0) is 40.5 Å². The lowest BCUT2D eigenvalue weighted by Gasteiger charge is -2.07. The van der Waals surface area contributed by atoms with Gasteiger partial charge in [-0.25, -0.2) is 14.2 Å². The first kappa shape index (κ1) is 14.0. The molecule has 1 N–H and O–H groups in total. The molecule has 0 aliphatic carbocycles. The molecule has 2 aromatic rings. The predicted octanol–water partition coefficient (Wildman–Crippen LogP) is 3.88. The van der Waals surface area contributed by atoms with Crippen molar-refractivity contribution in [2.24, 2.45) is 0 Å². The number of aromatic nitrogens is 1. The van der Waals surface area contributed by atoms with Crippen LogP contribution in [0.4, 0.5) is 15.2 Å². The van der Waals surface area contributed by atoms with Crippen LogP contribution in [-0.4, -0.2) is 18.1 Å². The first-order chi connectivity index (χ1) is 9.01. The maximum atomic E-state index is 13.3. The van der Waals surface area contributed by atoms with E-state index < -0.39 is 5.97 Å². The summed E-state index contributed by atoms with van der Waals surface area (Å²) >= 11 is 4.30. The normalized spacial score (nSPS) is 10.3. The fourth-order valence-corrected chi connectivity index (χ4v) is 2.51. The van der Waals surface area contributed by atoms with Crippen LogP contribution >= 0.6 is 27.3 Å². The van der Waals surface area contributed by atoms with E-state index >= 15 is 0 Å². The zero-order chi connectivity index (χ0) is 14.0. The summed E-state index contributed by atoms with van der Waals surface area (Å²) in [5, 5.41) is 3.59. The van der Waals surface area contributed by atoms with Crippen LogP contribution in [0.25, 0.3) is 0 Å². The highest BCUT2D eigenvalue weighted by Gasteiger charge is 2.12. The van der Waals surface area contributed by atoms with E-state index in [0.29, 0.717) is 14.5 Å². The number of methoxy groups -OCH3 is 1. The number of rotatable bonds is 3. The number of aryl methyl sites for hydroxylation is 1. The van der Waals surface area contributed by atoms with Gasteiger partial charge < -0.3 is 10.1 Å². The molecule has 7 heteroatoms. The highest BCUT2D eigenvalue weighted by molar-refractivity contribution is 9.10. The number of halogens is 2. The van der Waals surface area contributed by atoms with Crippen molar-refractivity contribution in [1.29, 1.82) is 0 Å². The van der Waals surface area contributed by atoms with Gasteiger partial charge in [0.2, 0.25) is 0 Å². The Morgan fingerprint density at radius 2 is 2.26 bits per heavy atom. The molecule has 0 radical (unpaired) electrons. The first-order valence-corrected chi connectivity index (χ1v) is 6.89. The zero-order valence-corrected chi connectivity index (χ0v) is 12.6. The Balaban J connectivity index is 2.24. The van der Waals surface area contributed by atoms with E-state index in [1.54, 1.807) is 13.0 Å². The molecule has 0 amide bonds. The van der Waals surface area contributed by atoms with Gasteiger partial charge in [-0.2, -0.15) is 0 Å². The van der Waals surface area contributed by atoms with E-state index in [0.717, 1.165) is 11.3 Å². The van der Waals surface area contributed by atoms with Crippen LogP contribution in [0.5, 0.6) is 0 Å². The maximum Gasteiger partial charge on any atom is 0.349 e. The van der Waals surface area contributed by atoms with E-state index in [9.17, 15) is 9.18 Å². The third-order valence-electron chi connectivity index (χ3n) is 2.40. The molecule has 1 aromatic heterocycles. The monoisotopic (exact) mass is 344 g/mol. The Hall–Kier alpha value is -1.47. The molecule has 100 valence electrons. The van der Waals surface area contributed by atoms with E-state index in [1.165, 1.54) is 30.7 Å². The van der Waals surface area contributed by atoms with Crippen molar-refractivity contribution in [2.75, 3.05) is 12.4 Å². The van der Waals surface area contributed by atoms with E-state index in [4.69, 9.17) is 0 Å². The van der Waals surface area contributed by atoms with Crippen molar-refractivity contribution in [2.45, 2.75) is 6.92 Å². The SMILES string of the molecule is COC(=O)c1cnc(Nc2cc(Br)c(F)cc2C)s1. The van der Waals surface area contributed by atoms with Crippen molar-refractivity contribution >= 4 is 44.1 Å². The number of ether oxygens (including phenoxy) is 1. The molecule has 2 rings (SSSR count). The molecular formula is C12H10BrFN2O2S. The van der Waals surface area contributed by atoms with Gasteiger partial charge in [0, 0.05) is 5.69 Å². The summed E-state index contributed by atoms with van der Waals surface area (Å²) in [6, 6.07) is 3.05. The minimum atomic E-state index is -0.428. The van der Waals surface area contributed by atoms with Crippen LogP contribution in [0.1, 0.15) is 15.2 Å². The third-order valence-corrected chi connectivity index (χ3v) is 3.90. The summed E-state index contributed by atoms with van der Waals surface area (Å²) in [4.78, 5) is 15.8. The van der Waals surface area contributed by atoms with E-state index in [-0.39, 0.29) is 5.82 Å². The number of thiazole rings is 1. The quantitative estimate of drug-likeness (QED) is 0.858. The molecule has 0 saturated heterocycles. The molecule has 0 spiro atoms. The van der Waals surface area contributed by atoms with Crippen molar-refractivity contribution in [1.82, 2.24) is 4.98 Å². The fraction of sp³-hybridized carbons (Fsp3) is 0.167. The van der Waals surface area contributed by atoms with Crippen molar-refractivity contribution in [3.05, 3.63) is 39.1 Å². The van der Waals surface area contributed by atoms with Crippen LogP contribution in [0.3, 0.4) is 0 Å². The molecule has 0 saturated carbocycles. The first-order valence-electron chi connectivity index (χ1n) is 5.28. The molecule has 0 fully saturated rings. The number of nitrogens with one attached hydrogen (secondary N) is 1. The number of carbonyl (C=O) groups excluding carboxylic acids is 1. The minimum absolute atomic E-state index is 0.322. The highest BCUT2D eigenvalue weighted by atomic mass is 79.9. The van der Waals surface area contributed by atoms with Gasteiger partial charge in [0.15, 0.2) is 5.13 Å². The summed E-state index contributed by atoms with van der Waals surface area (Å²) < 4.78 is 18.3. The van der Waals surface area contributed by atoms with Gasteiger partial charge in [0.05, 0.1) is 17.8 Å². The zero-order valence-electron chi connectivity index (χ0n) is 10.2. The Morgan fingerprint density at radius 3 is 2.95 bits per heavy atom. The minimum Gasteiger partial charge on any atom is -0.465 e. The van der Waals surface area contributed by atoms with E-state index in [1.807, 2.05) is 0 Å². The van der Waals surface area contributed by atoms with Crippen LogP contribution < -0.4 is 5.32 Å². The molecule has 1 aromatic carbocycles. The maximum absolute atomic E-state index is 13.3. The molecular weight excluding hydrogens is 335 g/mol. The summed E-state index contributed by atoms with van der Waals surface area (Å²) in [7, 11) is 1.32. The van der Waals surface area contributed by atoms with Gasteiger partial charge in [0.25, 0.3) is 0 Å². The van der Waals surface area contributed by atoms with Gasteiger partial charge in [-0.1, -0.05) is 11.3 Å². The molecule has 0 unspecified atom stereocenters. The summed E-state index contributed by atoms with van der Waals surface area (Å²) in [6.45, 7) is 1.78. The van der Waals surface area contributed by atoms with Gasteiger partial charge in [0.1, 0.15) is 10.7 Å². The van der Waals surface area contributed by atoms with Gasteiger partial charge in [-0.3, -0.25) is 0 Å². The Morgan fingerprint density at radius 1 is 1.53 bits per heavy atom. The van der Waals surface area contributed by atoms with E-state index in [2.05, 4.69) is 31.0 Å². The van der Waals surface area contributed by atoms with Crippen LogP contribution in [-0.2, 0) is 4.74 Å². The number of hydrogen-bond acceptors (Lipinski definition) is 5. The Bertz CT molecular complexity index is 630. The second-order valence-electron chi connectivity index (χ2n) is 3.73. The average Bonchev–Trinajstić information content (AvgIpc) is 2.83. The van der Waals surface area contributed by atoms with Crippen molar-refractivity contribution in [3.63, 3.8) is 0 Å². The number of anilines is 2. The number of hydrogen-bond donors (Lipinski definition) is 1. The largest absolute Gasteiger partial charge is 0.465 e. The predicted molar refractivity (Wildman–Crippen MR) is 75.6 cm³/mol. The summed E-state index contributed by atoms with van der Waals surface area (Å²) in [6.07, 6.45) is 1.44. The molecule has 1 heterocycles. The number of benzene rings is 1. The molecule has 0 atom stereocenters. The molecule has 19 heavy (non-hydrogen) atoms. The number of nitrogens with zero attached hydrogens (tertiary/aromatic N) is 1. The lowest BCUT2D eigenvalue weighted by atomic mass is 10.2. The Labute approximate surface area is 121 Å². The molecule has 4 nitrogen and oxygen atoms in total. The van der Waals surface area contributed by atoms with Crippen LogP contribution in [0.2, 0.25) is 0 Å². The van der Waals surface area contributed by atoms with Gasteiger partial charge in [-0.15, -0.1) is 0 Å². The summed E-state index contributed by atoms with van der Waals surface area (Å²) in [5.41, 5.74) is 1.47. The fourth-order valence-electron chi connectivity index (χ4n) is 1.42. The number of carbonyl (C=O) groups is 1. The lowest BCUT2D eigenvalue weighted by Crippen LogP contribution is -1.96. The molecule has 0 bridgehead atoms. The average molecular weight is 345 g/mol. The second kappa shape index (κ2) is 5.66. The van der Waals surface area contributed by atoms with Crippen LogP contribution in [0.15, 0.2) is 22.8 Å². The second-order valence-corrected chi connectivity index (χ2v) is 5.61.